The molecule has 0 radical (unpaired) electrons. The molecule has 78 valence electrons. The molecule has 0 saturated heterocycles. The predicted octanol–water partition coefficient (Wildman–Crippen LogP) is 4.34. The highest BCUT2D eigenvalue weighted by Crippen LogP contribution is 2.52. The zero-order valence-electron chi connectivity index (χ0n) is 9.93. The van der Waals surface area contributed by atoms with Crippen LogP contribution in [0.15, 0.2) is 23.3 Å². The standard InChI is InChI=1S/C14H22/c1-5-11-10(3)12-7-8-14(4,6-2)9-13(11)12/h7-8,11,13H,5-6,9H2,1-4H3. The van der Waals surface area contributed by atoms with Crippen LogP contribution in [0.2, 0.25) is 0 Å². The van der Waals surface area contributed by atoms with Gasteiger partial charge in [0.25, 0.3) is 0 Å². The Labute approximate surface area is 88.1 Å². The molecular weight excluding hydrogens is 168 g/mol. The Morgan fingerprint density at radius 2 is 2.14 bits per heavy atom. The molecule has 0 nitrogen and oxygen atoms in total. The van der Waals surface area contributed by atoms with Gasteiger partial charge < -0.3 is 0 Å². The Balaban J connectivity index is 2.25. The van der Waals surface area contributed by atoms with Crippen molar-refractivity contribution in [3.8, 4) is 0 Å². The van der Waals surface area contributed by atoms with Gasteiger partial charge in [-0.15, -0.1) is 0 Å². The SMILES string of the molecule is CCC1C(C)=C2C=CC(C)(CC)CC21. The van der Waals surface area contributed by atoms with E-state index in [-0.39, 0.29) is 0 Å². The highest BCUT2D eigenvalue weighted by molar-refractivity contribution is 5.42. The van der Waals surface area contributed by atoms with Crippen LogP contribution in [-0.4, -0.2) is 0 Å². The summed E-state index contributed by atoms with van der Waals surface area (Å²) in [6, 6.07) is 0. The van der Waals surface area contributed by atoms with E-state index in [9.17, 15) is 0 Å². The number of allylic oxidation sites excluding steroid dienone is 4. The lowest BCUT2D eigenvalue weighted by Crippen LogP contribution is -2.35. The summed E-state index contributed by atoms with van der Waals surface area (Å²) in [7, 11) is 0. The lowest BCUT2D eigenvalue weighted by molar-refractivity contribution is 0.231. The monoisotopic (exact) mass is 190 g/mol. The van der Waals surface area contributed by atoms with Gasteiger partial charge in [0, 0.05) is 0 Å². The Kier molecular flexibility index (Phi) is 2.33. The lowest BCUT2D eigenvalue weighted by atomic mass is 9.58. The molecule has 3 unspecified atom stereocenters. The summed E-state index contributed by atoms with van der Waals surface area (Å²) in [6.45, 7) is 9.36. The minimum Gasteiger partial charge on any atom is -0.0783 e. The zero-order valence-corrected chi connectivity index (χ0v) is 9.93. The molecule has 0 heteroatoms. The molecule has 0 spiro atoms. The summed E-state index contributed by atoms with van der Waals surface area (Å²) >= 11 is 0. The van der Waals surface area contributed by atoms with Crippen molar-refractivity contribution in [1.82, 2.24) is 0 Å². The minimum absolute atomic E-state index is 0.474. The number of hydrogen-bond donors (Lipinski definition) is 0. The van der Waals surface area contributed by atoms with Crippen LogP contribution in [0.1, 0.15) is 47.0 Å². The van der Waals surface area contributed by atoms with Crippen molar-refractivity contribution in [2.75, 3.05) is 0 Å². The van der Waals surface area contributed by atoms with E-state index in [0.717, 1.165) is 11.8 Å². The van der Waals surface area contributed by atoms with Crippen LogP contribution < -0.4 is 0 Å². The van der Waals surface area contributed by atoms with Crippen molar-refractivity contribution in [3.63, 3.8) is 0 Å². The van der Waals surface area contributed by atoms with Crippen molar-refractivity contribution in [2.24, 2.45) is 17.3 Å². The largest absolute Gasteiger partial charge is 0.0783 e. The van der Waals surface area contributed by atoms with Crippen molar-refractivity contribution in [2.45, 2.75) is 47.0 Å². The lowest BCUT2D eigenvalue weighted by Gasteiger charge is -2.46. The van der Waals surface area contributed by atoms with Gasteiger partial charge in [-0.1, -0.05) is 38.5 Å². The van der Waals surface area contributed by atoms with Crippen molar-refractivity contribution >= 4 is 0 Å². The Hall–Kier alpha value is -0.520. The molecule has 0 heterocycles. The second-order valence-electron chi connectivity index (χ2n) is 5.30. The first-order valence-electron chi connectivity index (χ1n) is 6.01. The molecule has 0 aromatic heterocycles. The summed E-state index contributed by atoms with van der Waals surface area (Å²) in [6.07, 6.45) is 8.83. The maximum absolute atomic E-state index is 2.44. The van der Waals surface area contributed by atoms with Gasteiger partial charge in [0.2, 0.25) is 0 Å². The van der Waals surface area contributed by atoms with Gasteiger partial charge >= 0.3 is 0 Å². The summed E-state index contributed by atoms with van der Waals surface area (Å²) in [4.78, 5) is 0. The van der Waals surface area contributed by atoms with Crippen LogP contribution in [-0.2, 0) is 0 Å². The molecular formula is C14H22. The van der Waals surface area contributed by atoms with E-state index in [1.54, 1.807) is 11.1 Å². The summed E-state index contributed by atoms with van der Waals surface area (Å²) < 4.78 is 0. The van der Waals surface area contributed by atoms with E-state index >= 15 is 0 Å². The van der Waals surface area contributed by atoms with Gasteiger partial charge in [0.1, 0.15) is 0 Å². The highest BCUT2D eigenvalue weighted by atomic mass is 14.5. The maximum Gasteiger partial charge on any atom is -0.00887 e. The zero-order chi connectivity index (χ0) is 10.3. The fourth-order valence-corrected chi connectivity index (χ4v) is 3.15. The van der Waals surface area contributed by atoms with Crippen LogP contribution in [0.3, 0.4) is 0 Å². The number of rotatable bonds is 2. The molecule has 14 heavy (non-hydrogen) atoms. The molecule has 0 N–H and O–H groups in total. The summed E-state index contributed by atoms with van der Waals surface area (Å²) in [5, 5.41) is 0. The molecule has 2 aliphatic carbocycles. The van der Waals surface area contributed by atoms with Gasteiger partial charge in [0.05, 0.1) is 0 Å². The van der Waals surface area contributed by atoms with Crippen LogP contribution in [0.5, 0.6) is 0 Å². The quantitative estimate of drug-likeness (QED) is 0.608. The third-order valence-corrected chi connectivity index (χ3v) is 4.50. The van der Waals surface area contributed by atoms with Crippen LogP contribution in [0, 0.1) is 17.3 Å². The van der Waals surface area contributed by atoms with E-state index in [1.807, 2.05) is 0 Å². The van der Waals surface area contributed by atoms with E-state index in [2.05, 4.69) is 39.8 Å². The van der Waals surface area contributed by atoms with Crippen molar-refractivity contribution in [1.29, 1.82) is 0 Å². The van der Waals surface area contributed by atoms with Gasteiger partial charge in [-0.25, -0.2) is 0 Å². The Morgan fingerprint density at radius 1 is 1.43 bits per heavy atom. The molecule has 0 fully saturated rings. The molecule has 0 saturated carbocycles. The first kappa shape index (κ1) is 10.0. The first-order valence-corrected chi connectivity index (χ1v) is 6.01. The Morgan fingerprint density at radius 3 is 2.71 bits per heavy atom. The third-order valence-electron chi connectivity index (χ3n) is 4.50. The molecule has 3 atom stereocenters. The first-order chi connectivity index (χ1) is 6.61. The fourth-order valence-electron chi connectivity index (χ4n) is 3.15. The fraction of sp³-hybridized carbons (Fsp3) is 0.714. The van der Waals surface area contributed by atoms with Gasteiger partial charge in [-0.05, 0) is 49.0 Å². The van der Waals surface area contributed by atoms with Gasteiger partial charge in [-0.2, -0.15) is 0 Å². The molecule has 0 bridgehead atoms. The smallest absolute Gasteiger partial charge is 0.00887 e. The number of fused-ring (bicyclic) bond motifs is 1. The van der Waals surface area contributed by atoms with Gasteiger partial charge in [-0.3, -0.25) is 0 Å². The molecule has 0 amide bonds. The second-order valence-corrected chi connectivity index (χ2v) is 5.30. The van der Waals surface area contributed by atoms with E-state index in [1.165, 1.54) is 19.3 Å². The molecule has 0 aromatic carbocycles. The summed E-state index contributed by atoms with van der Waals surface area (Å²) in [5.41, 5.74) is 3.79. The van der Waals surface area contributed by atoms with Gasteiger partial charge in [0.15, 0.2) is 0 Å². The second kappa shape index (κ2) is 3.25. The van der Waals surface area contributed by atoms with Crippen molar-refractivity contribution < 1.29 is 0 Å². The maximum atomic E-state index is 2.44. The minimum atomic E-state index is 0.474. The number of hydrogen-bond acceptors (Lipinski definition) is 0. The molecule has 0 aliphatic heterocycles. The van der Waals surface area contributed by atoms with E-state index in [4.69, 9.17) is 0 Å². The normalized spacial score (nSPS) is 40.9. The molecule has 2 aliphatic rings. The van der Waals surface area contributed by atoms with E-state index < -0.39 is 0 Å². The predicted molar refractivity (Wildman–Crippen MR) is 62.1 cm³/mol. The Bertz CT molecular complexity index is 295. The van der Waals surface area contributed by atoms with Crippen LogP contribution >= 0.6 is 0 Å². The topological polar surface area (TPSA) is 0 Å². The van der Waals surface area contributed by atoms with Crippen molar-refractivity contribution in [3.05, 3.63) is 23.3 Å². The van der Waals surface area contributed by atoms with Crippen LogP contribution in [0.4, 0.5) is 0 Å². The van der Waals surface area contributed by atoms with Crippen LogP contribution in [0.25, 0.3) is 0 Å². The van der Waals surface area contributed by atoms with E-state index in [0.29, 0.717) is 5.41 Å². The third kappa shape index (κ3) is 1.27. The molecule has 0 aromatic rings. The summed E-state index contributed by atoms with van der Waals surface area (Å²) in [5.74, 6) is 1.77. The average molecular weight is 190 g/mol. The average Bonchev–Trinajstić information content (AvgIpc) is 2.18. The highest BCUT2D eigenvalue weighted by Gasteiger charge is 2.41. The molecule has 2 rings (SSSR count).